The van der Waals surface area contributed by atoms with Gasteiger partial charge >= 0.3 is 200 Å². The second-order valence-electron chi connectivity index (χ2n) is 9.90. The average Bonchev–Trinajstić information content (AvgIpc) is 3.29. The summed E-state index contributed by atoms with van der Waals surface area (Å²) in [5.41, 5.74) is 0.334. The first kappa shape index (κ1) is 23.7. The number of nitrogens with zero attached hydrogens (tertiary/aromatic N) is 1. The van der Waals surface area contributed by atoms with Crippen LogP contribution in [0.3, 0.4) is 0 Å². The number of halogens is 2. The molecule has 1 aromatic rings. The van der Waals surface area contributed by atoms with Crippen molar-refractivity contribution in [3.63, 3.8) is 0 Å². The minimum atomic E-state index is -3.52. The first-order chi connectivity index (χ1) is 15.1. The van der Waals surface area contributed by atoms with Crippen LogP contribution in [0.5, 0.6) is 0 Å². The summed E-state index contributed by atoms with van der Waals surface area (Å²) in [5.74, 6) is 0. The summed E-state index contributed by atoms with van der Waals surface area (Å²) in [4.78, 5) is 0. The molecule has 4 heterocycles. The predicted octanol–water partition coefficient (Wildman–Crippen LogP) is 4.49. The van der Waals surface area contributed by atoms with Crippen molar-refractivity contribution in [1.29, 1.82) is 0 Å². The summed E-state index contributed by atoms with van der Waals surface area (Å²) < 4.78 is 44.9. The van der Waals surface area contributed by atoms with Crippen LogP contribution >= 0.6 is 30.9 Å². The molecule has 1 N–H and O–H groups in total. The van der Waals surface area contributed by atoms with Crippen molar-refractivity contribution in [2.75, 3.05) is 52.6 Å². The Morgan fingerprint density at radius 1 is 1.16 bits per heavy atom. The van der Waals surface area contributed by atoms with Gasteiger partial charge in [-0.15, -0.1) is 0 Å². The molecule has 4 aliphatic rings. The molecule has 0 radical (unpaired) electrons. The molecule has 8 nitrogen and oxygen atoms in total. The third-order valence-electron chi connectivity index (χ3n) is 7.52. The van der Waals surface area contributed by atoms with E-state index in [0.29, 0.717) is 48.9 Å². The van der Waals surface area contributed by atoms with Gasteiger partial charge in [-0.2, -0.15) is 0 Å². The topological polar surface area (TPSA) is 75.3 Å². The summed E-state index contributed by atoms with van der Waals surface area (Å²) in [6.45, 7) is 9.66. The van der Waals surface area contributed by atoms with E-state index in [-0.39, 0.29) is 6.61 Å². The fourth-order valence-electron chi connectivity index (χ4n) is 5.75. The SMILES string of the molecule is CC1(C)CO[P@@](=O)(NCCC[Si-]234OCC[N+]2(CCO3)CCO4)O[C@H]1c1ccc(Cl)cc1Cl. The maximum absolute atomic E-state index is 13.4. The molecule has 0 saturated carbocycles. The van der Waals surface area contributed by atoms with Gasteiger partial charge in [0.05, 0.1) is 0 Å². The van der Waals surface area contributed by atoms with Crippen molar-refractivity contribution in [2.45, 2.75) is 32.4 Å². The predicted molar refractivity (Wildman–Crippen MR) is 124 cm³/mol. The molecule has 180 valence electrons. The minimum absolute atomic E-state index is 0.275. The summed E-state index contributed by atoms with van der Waals surface area (Å²) in [6, 6.07) is 5.95. The molecule has 4 fully saturated rings. The standard InChI is InChI=1S/C20H31Cl2N2O6PSi/c1-20(2)15-26-31(25,30-19(20)17-5-4-16(21)14-18(17)22)23-6-3-13-32-24(7-10-27-32,8-11-28-32)9-12-29-32/h4-5,14,19H,3,6-13,15H2,1-2H3,(H,23,25)/t19-,31-/m0/s1. The number of hydrogen-bond donors (Lipinski definition) is 1. The fraction of sp³-hybridized carbons (Fsp3) is 0.700. The van der Waals surface area contributed by atoms with Crippen LogP contribution < -0.4 is 5.09 Å². The Labute approximate surface area is 199 Å². The zero-order valence-electron chi connectivity index (χ0n) is 18.5. The first-order valence-corrected chi connectivity index (χ1v) is 15.9. The summed E-state index contributed by atoms with van der Waals surface area (Å²) in [7, 11) is -6.96. The van der Waals surface area contributed by atoms with Gasteiger partial charge in [-0.25, -0.2) is 0 Å². The Morgan fingerprint density at radius 3 is 2.44 bits per heavy atom. The van der Waals surface area contributed by atoms with E-state index in [1.54, 1.807) is 12.1 Å². The number of nitrogens with one attached hydrogen (secondary N) is 1. The monoisotopic (exact) mass is 524 g/mol. The van der Waals surface area contributed by atoms with Gasteiger partial charge in [0.2, 0.25) is 0 Å². The second kappa shape index (κ2) is 8.00. The molecular formula is C20H31Cl2N2O6PSi. The molecule has 0 bridgehead atoms. The zero-order valence-corrected chi connectivity index (χ0v) is 21.9. The molecule has 4 aliphatic heterocycles. The molecule has 12 heteroatoms. The van der Waals surface area contributed by atoms with E-state index < -0.39 is 27.5 Å². The number of benzene rings is 1. The van der Waals surface area contributed by atoms with Crippen LogP contribution in [-0.2, 0) is 26.9 Å². The van der Waals surface area contributed by atoms with Crippen molar-refractivity contribution in [3.8, 4) is 0 Å². The Morgan fingerprint density at radius 2 is 1.81 bits per heavy atom. The number of quaternary nitrogens is 1. The van der Waals surface area contributed by atoms with Crippen LogP contribution in [0.25, 0.3) is 0 Å². The summed E-state index contributed by atoms with van der Waals surface area (Å²) >= 11 is 12.5. The second-order valence-corrected chi connectivity index (χ2v) is 17.1. The Bertz CT molecular complexity index is 934. The third kappa shape index (κ3) is 3.57. The zero-order chi connectivity index (χ0) is 22.7. The van der Waals surface area contributed by atoms with Crippen LogP contribution in [0.4, 0.5) is 0 Å². The van der Waals surface area contributed by atoms with E-state index in [2.05, 4.69) is 5.09 Å². The van der Waals surface area contributed by atoms with Crippen molar-refractivity contribution in [3.05, 3.63) is 33.8 Å². The number of hydrogen-bond acceptors (Lipinski definition) is 6. The van der Waals surface area contributed by atoms with Gasteiger partial charge in [-0.05, 0) is 0 Å². The molecule has 0 amide bonds. The molecule has 0 aliphatic carbocycles. The van der Waals surface area contributed by atoms with Gasteiger partial charge < -0.3 is 0 Å². The maximum atomic E-state index is 13.4. The van der Waals surface area contributed by atoms with E-state index in [9.17, 15) is 4.57 Å². The third-order valence-corrected chi connectivity index (χ3v) is 15.7. The normalized spacial score (nSPS) is 38.0. The van der Waals surface area contributed by atoms with Crippen molar-refractivity contribution >= 4 is 39.2 Å². The number of rotatable bonds is 6. The van der Waals surface area contributed by atoms with E-state index in [1.807, 2.05) is 19.9 Å². The van der Waals surface area contributed by atoms with Crippen molar-refractivity contribution < 1.29 is 31.0 Å². The quantitative estimate of drug-likeness (QED) is 0.333. The molecule has 4 saturated heterocycles. The molecule has 0 unspecified atom stereocenters. The molecular weight excluding hydrogens is 494 g/mol. The Kier molecular flexibility index (Phi) is 5.92. The van der Waals surface area contributed by atoms with Crippen LogP contribution in [0.15, 0.2) is 18.2 Å². The molecule has 1 aromatic carbocycles. The Hall–Kier alpha value is -0.0331. The van der Waals surface area contributed by atoms with Crippen LogP contribution in [0.2, 0.25) is 16.1 Å². The first-order valence-electron chi connectivity index (χ1n) is 11.2. The van der Waals surface area contributed by atoms with E-state index in [0.717, 1.165) is 29.3 Å². The van der Waals surface area contributed by atoms with Crippen molar-refractivity contribution in [1.82, 2.24) is 5.09 Å². The van der Waals surface area contributed by atoms with Gasteiger partial charge in [0.25, 0.3) is 0 Å². The molecule has 32 heavy (non-hydrogen) atoms. The van der Waals surface area contributed by atoms with Gasteiger partial charge in [-0.1, -0.05) is 0 Å². The van der Waals surface area contributed by atoms with Crippen molar-refractivity contribution in [2.24, 2.45) is 5.41 Å². The van der Waals surface area contributed by atoms with Gasteiger partial charge in [0.1, 0.15) is 0 Å². The van der Waals surface area contributed by atoms with E-state index in [4.69, 9.17) is 45.5 Å². The molecule has 0 spiro atoms. The van der Waals surface area contributed by atoms with Gasteiger partial charge in [-0.3, -0.25) is 0 Å². The van der Waals surface area contributed by atoms with Gasteiger partial charge in [0.15, 0.2) is 0 Å². The Balaban J connectivity index is 1.25. The average molecular weight is 525 g/mol. The van der Waals surface area contributed by atoms with Crippen LogP contribution in [0, 0.1) is 5.41 Å². The van der Waals surface area contributed by atoms with E-state index >= 15 is 0 Å². The summed E-state index contributed by atoms with van der Waals surface area (Å²) in [5, 5.41) is 4.06. The molecule has 5 rings (SSSR count). The van der Waals surface area contributed by atoms with E-state index in [1.165, 1.54) is 0 Å². The van der Waals surface area contributed by atoms with Crippen LogP contribution in [-0.4, -0.2) is 65.0 Å². The molecule has 2 atom stereocenters. The fourth-order valence-corrected chi connectivity index (χ4v) is 13.9. The molecule has 0 aromatic heterocycles. The summed E-state index contributed by atoms with van der Waals surface area (Å²) in [6.07, 6.45) is 0.200. The van der Waals surface area contributed by atoms with Gasteiger partial charge in [0, 0.05) is 0 Å². The van der Waals surface area contributed by atoms with Crippen LogP contribution in [0.1, 0.15) is 31.9 Å².